The standard InChI is InChI=1S/C22H30FN3O3S/c1-25(18-19-8-4-3-5-9-19)16-7-15-24-22(27)10-6-17-26(2)30(28,29)21-13-11-20(23)12-14-21/h3-5,8-9,11-14H,6-7,10,15-18H2,1-2H3,(H,24,27). The first-order chi connectivity index (χ1) is 14.3. The number of rotatable bonds is 12. The van der Waals surface area contributed by atoms with Gasteiger partial charge in [0.25, 0.3) is 0 Å². The third-order valence-corrected chi connectivity index (χ3v) is 6.60. The fourth-order valence-electron chi connectivity index (χ4n) is 3.01. The first-order valence-electron chi connectivity index (χ1n) is 10.00. The molecule has 2 rings (SSSR count). The Morgan fingerprint density at radius 1 is 0.967 bits per heavy atom. The van der Waals surface area contributed by atoms with E-state index in [0.717, 1.165) is 31.6 Å². The van der Waals surface area contributed by atoms with Gasteiger partial charge in [0.1, 0.15) is 5.82 Å². The predicted octanol–water partition coefficient (Wildman–Crippen LogP) is 2.86. The monoisotopic (exact) mass is 435 g/mol. The highest BCUT2D eigenvalue weighted by Crippen LogP contribution is 2.15. The third kappa shape index (κ3) is 7.85. The molecule has 1 N–H and O–H groups in total. The Balaban J connectivity index is 1.62. The average molecular weight is 436 g/mol. The number of halogens is 1. The van der Waals surface area contributed by atoms with E-state index in [1.165, 1.54) is 29.0 Å². The summed E-state index contributed by atoms with van der Waals surface area (Å²) in [6.07, 6.45) is 1.51. The quantitative estimate of drug-likeness (QED) is 0.521. The molecule has 0 unspecified atom stereocenters. The molecule has 0 heterocycles. The van der Waals surface area contributed by atoms with E-state index >= 15 is 0 Å². The number of sulfonamides is 1. The van der Waals surface area contributed by atoms with Gasteiger partial charge in [0.15, 0.2) is 0 Å². The molecule has 6 nitrogen and oxygen atoms in total. The summed E-state index contributed by atoms with van der Waals surface area (Å²) in [5, 5.41) is 2.88. The Hall–Kier alpha value is -2.29. The Labute approximate surface area is 178 Å². The normalized spacial score (nSPS) is 11.8. The fourth-order valence-corrected chi connectivity index (χ4v) is 4.22. The molecule has 1 amide bonds. The second-order valence-electron chi connectivity index (χ2n) is 7.31. The highest BCUT2D eigenvalue weighted by Gasteiger charge is 2.20. The van der Waals surface area contributed by atoms with Crippen LogP contribution in [0.4, 0.5) is 4.39 Å². The van der Waals surface area contributed by atoms with E-state index in [-0.39, 0.29) is 23.8 Å². The van der Waals surface area contributed by atoms with Gasteiger partial charge in [0.05, 0.1) is 4.90 Å². The maximum Gasteiger partial charge on any atom is 0.242 e. The van der Waals surface area contributed by atoms with Crippen molar-refractivity contribution in [3.63, 3.8) is 0 Å². The zero-order chi connectivity index (χ0) is 22.0. The SMILES string of the molecule is CN(CCCNC(=O)CCCN(C)S(=O)(=O)c1ccc(F)cc1)Cc1ccccc1. The van der Waals surface area contributed by atoms with Gasteiger partial charge in [0, 0.05) is 33.1 Å². The van der Waals surface area contributed by atoms with Gasteiger partial charge >= 0.3 is 0 Å². The van der Waals surface area contributed by atoms with Crippen LogP contribution in [0.1, 0.15) is 24.8 Å². The van der Waals surface area contributed by atoms with Crippen molar-refractivity contribution in [2.75, 3.05) is 33.7 Å². The Bertz CT molecular complexity index is 890. The molecule has 0 aliphatic heterocycles. The molecule has 0 bridgehead atoms. The summed E-state index contributed by atoms with van der Waals surface area (Å²) >= 11 is 0. The molecule has 0 atom stereocenters. The molecule has 0 aromatic heterocycles. The van der Waals surface area contributed by atoms with Crippen LogP contribution in [0.5, 0.6) is 0 Å². The van der Waals surface area contributed by atoms with Crippen molar-refractivity contribution in [3.8, 4) is 0 Å². The van der Waals surface area contributed by atoms with Gasteiger partial charge < -0.3 is 10.2 Å². The van der Waals surface area contributed by atoms with Gasteiger partial charge in [-0.3, -0.25) is 4.79 Å². The van der Waals surface area contributed by atoms with Crippen molar-refractivity contribution in [2.45, 2.75) is 30.7 Å². The van der Waals surface area contributed by atoms with Crippen LogP contribution in [0.25, 0.3) is 0 Å². The molecule has 30 heavy (non-hydrogen) atoms. The highest BCUT2D eigenvalue weighted by atomic mass is 32.2. The zero-order valence-electron chi connectivity index (χ0n) is 17.6. The molecule has 0 saturated carbocycles. The van der Waals surface area contributed by atoms with Crippen LogP contribution in [0.3, 0.4) is 0 Å². The Morgan fingerprint density at radius 3 is 2.30 bits per heavy atom. The number of benzene rings is 2. The predicted molar refractivity (Wildman–Crippen MR) is 116 cm³/mol. The molecule has 0 aliphatic rings. The second kappa shape index (κ2) is 11.8. The smallest absolute Gasteiger partial charge is 0.242 e. The van der Waals surface area contributed by atoms with Crippen molar-refractivity contribution in [2.24, 2.45) is 0 Å². The fraction of sp³-hybridized carbons (Fsp3) is 0.409. The maximum absolute atomic E-state index is 13.0. The first-order valence-corrected chi connectivity index (χ1v) is 11.4. The van der Waals surface area contributed by atoms with E-state index in [1.54, 1.807) is 0 Å². The maximum atomic E-state index is 13.0. The topological polar surface area (TPSA) is 69.7 Å². The van der Waals surface area contributed by atoms with Crippen LogP contribution in [-0.4, -0.2) is 57.3 Å². The van der Waals surface area contributed by atoms with Gasteiger partial charge in [-0.1, -0.05) is 30.3 Å². The van der Waals surface area contributed by atoms with Crippen LogP contribution in [0, 0.1) is 5.82 Å². The summed E-state index contributed by atoms with van der Waals surface area (Å²) in [5.41, 5.74) is 1.25. The van der Waals surface area contributed by atoms with E-state index in [0.29, 0.717) is 13.0 Å². The summed E-state index contributed by atoms with van der Waals surface area (Å²) in [5.74, 6) is -0.576. The molecular formula is C22H30FN3O3S. The second-order valence-corrected chi connectivity index (χ2v) is 9.36. The summed E-state index contributed by atoms with van der Waals surface area (Å²) in [4.78, 5) is 14.2. The minimum absolute atomic E-state index is 0.0375. The number of hydrogen-bond donors (Lipinski definition) is 1. The minimum atomic E-state index is -3.68. The summed E-state index contributed by atoms with van der Waals surface area (Å²) in [6.45, 7) is 2.53. The van der Waals surface area contributed by atoms with E-state index < -0.39 is 15.8 Å². The molecule has 0 saturated heterocycles. The van der Waals surface area contributed by atoms with E-state index in [1.807, 2.05) is 25.2 Å². The van der Waals surface area contributed by atoms with Crippen LogP contribution in [0.2, 0.25) is 0 Å². The van der Waals surface area contributed by atoms with Gasteiger partial charge in [-0.15, -0.1) is 0 Å². The molecule has 0 fully saturated rings. The Kier molecular flexibility index (Phi) is 9.42. The van der Waals surface area contributed by atoms with Crippen LogP contribution < -0.4 is 5.32 Å². The van der Waals surface area contributed by atoms with Crippen molar-refractivity contribution in [3.05, 3.63) is 66.0 Å². The lowest BCUT2D eigenvalue weighted by Gasteiger charge is -2.17. The van der Waals surface area contributed by atoms with Crippen molar-refractivity contribution in [1.29, 1.82) is 0 Å². The lowest BCUT2D eigenvalue weighted by atomic mass is 10.2. The Morgan fingerprint density at radius 2 is 1.63 bits per heavy atom. The number of amides is 1. The van der Waals surface area contributed by atoms with E-state index in [9.17, 15) is 17.6 Å². The van der Waals surface area contributed by atoms with Crippen molar-refractivity contribution in [1.82, 2.24) is 14.5 Å². The minimum Gasteiger partial charge on any atom is -0.356 e. The molecule has 8 heteroatoms. The van der Waals surface area contributed by atoms with Crippen molar-refractivity contribution < 1.29 is 17.6 Å². The van der Waals surface area contributed by atoms with Gasteiger partial charge in [-0.25, -0.2) is 17.1 Å². The number of nitrogens with one attached hydrogen (secondary N) is 1. The van der Waals surface area contributed by atoms with Crippen molar-refractivity contribution >= 4 is 15.9 Å². The zero-order valence-corrected chi connectivity index (χ0v) is 18.4. The summed E-state index contributed by atoms with van der Waals surface area (Å²) < 4.78 is 39.0. The molecule has 0 spiro atoms. The molecule has 0 radical (unpaired) electrons. The largest absolute Gasteiger partial charge is 0.356 e. The molecule has 2 aromatic carbocycles. The highest BCUT2D eigenvalue weighted by molar-refractivity contribution is 7.89. The molecular weight excluding hydrogens is 405 g/mol. The number of carbonyl (C=O) groups excluding carboxylic acids is 1. The van der Waals surface area contributed by atoms with Gasteiger partial charge in [-0.2, -0.15) is 0 Å². The van der Waals surface area contributed by atoms with Crippen LogP contribution in [0.15, 0.2) is 59.5 Å². The van der Waals surface area contributed by atoms with Crippen LogP contribution in [-0.2, 0) is 21.4 Å². The number of hydrogen-bond acceptors (Lipinski definition) is 4. The lowest BCUT2D eigenvalue weighted by Crippen LogP contribution is -2.30. The lowest BCUT2D eigenvalue weighted by molar-refractivity contribution is -0.121. The molecule has 0 aliphatic carbocycles. The molecule has 2 aromatic rings. The van der Waals surface area contributed by atoms with Gasteiger partial charge in [0.2, 0.25) is 15.9 Å². The van der Waals surface area contributed by atoms with E-state index in [2.05, 4.69) is 22.3 Å². The summed E-state index contributed by atoms with van der Waals surface area (Å²) in [7, 11) is -0.175. The molecule has 164 valence electrons. The van der Waals surface area contributed by atoms with Gasteiger partial charge in [-0.05, 0) is 56.3 Å². The number of carbonyl (C=O) groups is 1. The first kappa shape index (κ1) is 24.0. The van der Waals surface area contributed by atoms with Crippen LogP contribution >= 0.6 is 0 Å². The third-order valence-electron chi connectivity index (χ3n) is 4.73. The summed E-state index contributed by atoms with van der Waals surface area (Å²) in [6, 6.07) is 14.9. The average Bonchev–Trinajstić information content (AvgIpc) is 2.72. The number of nitrogens with zero attached hydrogens (tertiary/aromatic N) is 2. The van der Waals surface area contributed by atoms with E-state index in [4.69, 9.17) is 0 Å².